The third-order valence-electron chi connectivity index (χ3n) is 4.55. The zero-order chi connectivity index (χ0) is 20.5. The summed E-state index contributed by atoms with van der Waals surface area (Å²) in [5.41, 5.74) is 3.36. The van der Waals surface area contributed by atoms with Crippen molar-refractivity contribution in [2.75, 3.05) is 0 Å². The van der Waals surface area contributed by atoms with Crippen LogP contribution in [0, 0.1) is 0 Å². The van der Waals surface area contributed by atoms with Crippen LogP contribution in [0.2, 0.25) is 0 Å². The van der Waals surface area contributed by atoms with E-state index in [1.54, 1.807) is 0 Å². The highest BCUT2D eigenvalue weighted by Gasteiger charge is 2.30. The fourth-order valence-electron chi connectivity index (χ4n) is 2.87. The number of hydrogen-bond acceptors (Lipinski definition) is 2. The van der Waals surface area contributed by atoms with Gasteiger partial charge in [-0.15, -0.1) is 22.9 Å². The first-order valence-corrected chi connectivity index (χ1v) is 10.2. The third kappa shape index (κ3) is 4.76. The van der Waals surface area contributed by atoms with Crippen LogP contribution in [0.1, 0.15) is 48.0 Å². The van der Waals surface area contributed by atoms with Gasteiger partial charge in [0, 0.05) is 16.9 Å². The van der Waals surface area contributed by atoms with Crippen LogP contribution in [-0.2, 0) is 23.9 Å². The summed E-state index contributed by atoms with van der Waals surface area (Å²) in [6, 6.07) is 13.5. The molecule has 1 nitrogen and oxygen atoms in total. The molecular weight excluding hydrogens is 403 g/mol. The number of hydrogen-bond donors (Lipinski definition) is 0. The largest absolute Gasteiger partial charge is 0.416 e. The molecule has 0 saturated heterocycles. The maximum Gasteiger partial charge on any atom is 0.416 e. The molecule has 0 radical (unpaired) electrons. The fourth-order valence-corrected chi connectivity index (χ4v) is 4.12. The van der Waals surface area contributed by atoms with Crippen molar-refractivity contribution >= 4 is 22.9 Å². The molecule has 0 unspecified atom stereocenters. The summed E-state index contributed by atoms with van der Waals surface area (Å²) in [6.07, 6.45) is -3.70. The maximum absolute atomic E-state index is 12.8. The average molecular weight is 424 g/mol. The van der Waals surface area contributed by atoms with Crippen molar-refractivity contribution in [3.8, 4) is 10.6 Å². The van der Waals surface area contributed by atoms with Gasteiger partial charge in [-0.2, -0.15) is 13.2 Å². The molecule has 6 heteroatoms. The fraction of sp³-hybridized carbons (Fsp3) is 0.318. The van der Waals surface area contributed by atoms with Gasteiger partial charge < -0.3 is 0 Å². The molecule has 0 N–H and O–H groups in total. The first kappa shape index (κ1) is 20.9. The summed E-state index contributed by atoms with van der Waals surface area (Å²) in [5, 5.41) is 0.686. The number of halogens is 4. The van der Waals surface area contributed by atoms with E-state index in [1.807, 2.05) is 0 Å². The molecule has 3 rings (SSSR count). The van der Waals surface area contributed by atoms with Gasteiger partial charge in [-0.05, 0) is 28.7 Å². The molecule has 2 aromatic carbocycles. The van der Waals surface area contributed by atoms with Crippen LogP contribution >= 0.6 is 22.9 Å². The maximum atomic E-state index is 12.8. The average Bonchev–Trinajstić information content (AvgIpc) is 3.03. The molecule has 28 heavy (non-hydrogen) atoms. The second-order valence-electron chi connectivity index (χ2n) is 7.72. The quantitative estimate of drug-likeness (QED) is 0.397. The Morgan fingerprint density at radius 1 is 0.893 bits per heavy atom. The zero-order valence-electron chi connectivity index (χ0n) is 15.9. The van der Waals surface area contributed by atoms with E-state index in [4.69, 9.17) is 11.6 Å². The van der Waals surface area contributed by atoms with E-state index in [0.717, 1.165) is 28.3 Å². The Hall–Kier alpha value is -1.85. The van der Waals surface area contributed by atoms with Crippen molar-refractivity contribution in [2.24, 2.45) is 0 Å². The highest BCUT2D eigenvalue weighted by molar-refractivity contribution is 7.15. The summed E-state index contributed by atoms with van der Waals surface area (Å²) < 4.78 is 38.3. The Morgan fingerprint density at radius 2 is 1.46 bits per heavy atom. The molecular formula is C22H21ClF3NS. The molecule has 0 saturated carbocycles. The van der Waals surface area contributed by atoms with E-state index in [1.165, 1.54) is 29.0 Å². The van der Waals surface area contributed by atoms with Crippen molar-refractivity contribution in [1.82, 2.24) is 4.98 Å². The van der Waals surface area contributed by atoms with Crippen LogP contribution in [0.3, 0.4) is 0 Å². The molecule has 0 atom stereocenters. The van der Waals surface area contributed by atoms with E-state index in [2.05, 4.69) is 50.0 Å². The Bertz CT molecular complexity index is 936. The third-order valence-corrected chi connectivity index (χ3v) is 6.12. The van der Waals surface area contributed by atoms with Crippen LogP contribution in [0.15, 0.2) is 48.5 Å². The predicted octanol–water partition coefficient (Wildman–Crippen LogP) is 7.46. The van der Waals surface area contributed by atoms with Crippen molar-refractivity contribution in [3.05, 3.63) is 75.8 Å². The van der Waals surface area contributed by atoms with E-state index in [9.17, 15) is 13.2 Å². The van der Waals surface area contributed by atoms with Crippen LogP contribution in [-0.4, -0.2) is 4.98 Å². The number of benzene rings is 2. The molecule has 148 valence electrons. The highest BCUT2D eigenvalue weighted by atomic mass is 35.5. The van der Waals surface area contributed by atoms with Gasteiger partial charge in [0.15, 0.2) is 0 Å². The van der Waals surface area contributed by atoms with Crippen LogP contribution in [0.25, 0.3) is 10.6 Å². The molecule has 0 bridgehead atoms. The van der Waals surface area contributed by atoms with Crippen LogP contribution in [0.5, 0.6) is 0 Å². The van der Waals surface area contributed by atoms with Crippen molar-refractivity contribution < 1.29 is 13.2 Å². The van der Waals surface area contributed by atoms with Crippen molar-refractivity contribution in [3.63, 3.8) is 0 Å². The topological polar surface area (TPSA) is 12.9 Å². The number of rotatable bonds is 4. The highest BCUT2D eigenvalue weighted by Crippen LogP contribution is 2.34. The Morgan fingerprint density at radius 3 is 1.96 bits per heavy atom. The summed E-state index contributed by atoms with van der Waals surface area (Å²) in [4.78, 5) is 5.60. The monoisotopic (exact) mass is 423 g/mol. The van der Waals surface area contributed by atoms with E-state index >= 15 is 0 Å². The molecule has 1 aromatic heterocycles. The minimum Gasteiger partial charge on any atom is -0.240 e. The smallest absolute Gasteiger partial charge is 0.240 e. The lowest BCUT2D eigenvalue weighted by molar-refractivity contribution is -0.137. The molecule has 3 aromatic rings. The molecule has 0 amide bonds. The molecule has 0 aliphatic heterocycles. The Balaban J connectivity index is 1.85. The Labute approximate surface area is 172 Å². The van der Waals surface area contributed by atoms with Gasteiger partial charge in [0.2, 0.25) is 0 Å². The second kappa shape index (κ2) is 7.88. The number of thiazole rings is 1. The lowest BCUT2D eigenvalue weighted by Crippen LogP contribution is -2.10. The lowest BCUT2D eigenvalue weighted by Gasteiger charge is -2.19. The molecule has 1 heterocycles. The zero-order valence-corrected chi connectivity index (χ0v) is 17.5. The molecule has 0 spiro atoms. The van der Waals surface area contributed by atoms with Crippen molar-refractivity contribution in [2.45, 2.75) is 44.7 Å². The van der Waals surface area contributed by atoms with Gasteiger partial charge in [-0.25, -0.2) is 4.98 Å². The standard InChI is InChI=1S/C22H21ClF3NS/c1-21(2,3)16-8-4-14(5-9-16)12-18-19(13-23)28-20(27-18)15-6-10-17(11-7-15)22(24,25)26/h4-11H,12-13H2,1-3H3. The van der Waals surface area contributed by atoms with Gasteiger partial charge >= 0.3 is 6.18 Å². The Kier molecular flexibility index (Phi) is 5.87. The number of nitrogens with zero attached hydrogens (tertiary/aromatic N) is 1. The molecule has 0 aliphatic carbocycles. The van der Waals surface area contributed by atoms with Gasteiger partial charge in [0.25, 0.3) is 0 Å². The second-order valence-corrected chi connectivity index (χ2v) is 9.07. The van der Waals surface area contributed by atoms with Gasteiger partial charge in [0.1, 0.15) is 5.01 Å². The van der Waals surface area contributed by atoms with Crippen molar-refractivity contribution in [1.29, 1.82) is 0 Å². The summed E-state index contributed by atoms with van der Waals surface area (Å²) in [6.45, 7) is 6.51. The lowest BCUT2D eigenvalue weighted by atomic mass is 9.86. The van der Waals surface area contributed by atoms with Gasteiger partial charge in [-0.3, -0.25) is 0 Å². The van der Waals surface area contributed by atoms with Crippen LogP contribution < -0.4 is 0 Å². The summed E-state index contributed by atoms with van der Waals surface area (Å²) in [7, 11) is 0. The summed E-state index contributed by atoms with van der Waals surface area (Å²) >= 11 is 7.52. The van der Waals surface area contributed by atoms with Gasteiger partial charge in [0.05, 0.1) is 17.1 Å². The van der Waals surface area contributed by atoms with E-state index in [-0.39, 0.29) is 5.41 Å². The number of aromatic nitrogens is 1. The minimum atomic E-state index is -4.34. The van der Waals surface area contributed by atoms with E-state index < -0.39 is 11.7 Å². The first-order valence-electron chi connectivity index (χ1n) is 8.89. The van der Waals surface area contributed by atoms with Gasteiger partial charge in [-0.1, -0.05) is 57.2 Å². The van der Waals surface area contributed by atoms with Crippen LogP contribution in [0.4, 0.5) is 13.2 Å². The predicted molar refractivity (Wildman–Crippen MR) is 110 cm³/mol. The number of alkyl halides is 4. The minimum absolute atomic E-state index is 0.0935. The first-order chi connectivity index (χ1) is 13.1. The summed E-state index contributed by atoms with van der Waals surface area (Å²) in [5.74, 6) is 0.327. The van der Waals surface area contributed by atoms with E-state index in [0.29, 0.717) is 22.9 Å². The normalized spacial score (nSPS) is 12.4. The molecule has 0 aliphatic rings. The molecule has 0 fully saturated rings. The SMILES string of the molecule is CC(C)(C)c1ccc(Cc2nc(-c3ccc(C(F)(F)F)cc3)sc2CCl)cc1.